The predicted molar refractivity (Wildman–Crippen MR) is 128 cm³/mol. The quantitative estimate of drug-likeness (QED) is 0.136. The summed E-state index contributed by atoms with van der Waals surface area (Å²) in [7, 11) is -15.6. The Hall–Kier alpha value is -3.67. The zero-order chi connectivity index (χ0) is 26.6. The molecule has 0 atom stereocenters. The number of azo groups is 1. The van der Waals surface area contributed by atoms with Crippen LogP contribution in [0.4, 0.5) is 17.1 Å². The van der Waals surface area contributed by atoms with Crippen molar-refractivity contribution < 1.29 is 44.0 Å². The van der Waals surface area contributed by atoms with Crippen LogP contribution in [0.15, 0.2) is 79.5 Å². The lowest BCUT2D eigenvalue weighted by atomic mass is 10.1. The summed E-state index contributed by atoms with van der Waals surface area (Å²) in [5.74, 6) is -0.424. The molecule has 0 saturated heterocycles. The summed E-state index contributed by atoms with van der Waals surface area (Å²) in [5, 5.41) is 17.4. The van der Waals surface area contributed by atoms with Crippen molar-refractivity contribution in [3.63, 3.8) is 0 Å². The summed E-state index contributed by atoms with van der Waals surface area (Å²) in [4.78, 5) is -3.35. The number of rotatable bonds is 5. The highest BCUT2D eigenvalue weighted by atomic mass is 32.2. The van der Waals surface area contributed by atoms with Gasteiger partial charge in [-0.2, -0.15) is 25.3 Å². The van der Waals surface area contributed by atoms with Crippen molar-refractivity contribution in [2.45, 2.75) is 14.7 Å². The normalized spacial score (nSPS) is 13.1. The van der Waals surface area contributed by atoms with Gasteiger partial charge in [-0.05, 0) is 41.8 Å². The van der Waals surface area contributed by atoms with E-state index in [0.29, 0.717) is 17.1 Å². The summed E-state index contributed by atoms with van der Waals surface area (Å²) in [6.45, 7) is 0. The first-order chi connectivity index (χ1) is 16.6. The average molecular weight is 554 g/mol. The van der Waals surface area contributed by atoms with Gasteiger partial charge in [-0.1, -0.05) is 18.2 Å². The maximum Gasteiger partial charge on any atom is 0.297 e. The van der Waals surface area contributed by atoms with Crippen LogP contribution in [0.5, 0.6) is 5.75 Å². The van der Waals surface area contributed by atoms with Gasteiger partial charge in [-0.25, -0.2) is 0 Å². The molecule has 0 spiro atoms. The Balaban J connectivity index is 2.10. The van der Waals surface area contributed by atoms with Crippen LogP contribution in [-0.2, 0) is 30.4 Å². The minimum Gasteiger partial charge on any atom is -0.505 e. The van der Waals surface area contributed by atoms with Crippen LogP contribution in [0.1, 0.15) is 0 Å². The molecular weight excluding hydrogens is 538 g/mol. The van der Waals surface area contributed by atoms with E-state index < -0.39 is 67.3 Å². The number of nitrogens with two attached hydrogens (primary N) is 1. The zero-order valence-electron chi connectivity index (χ0n) is 17.6. The van der Waals surface area contributed by atoms with E-state index in [1.54, 1.807) is 6.07 Å². The Kier molecular flexibility index (Phi) is 5.98. The van der Waals surface area contributed by atoms with Crippen LogP contribution < -0.4 is 5.73 Å². The molecule has 0 unspecified atom stereocenters. The Labute approximate surface area is 203 Å². The van der Waals surface area contributed by atoms with Crippen LogP contribution >= 0.6 is 0 Å². The number of hydrogen-bond donors (Lipinski definition) is 5. The minimum atomic E-state index is -5.34. The number of aromatic hydroxyl groups is 1. The van der Waals surface area contributed by atoms with Gasteiger partial charge < -0.3 is 10.8 Å². The third-order valence-corrected chi connectivity index (χ3v) is 7.81. The molecule has 0 heterocycles. The molecule has 0 aliphatic heterocycles. The monoisotopic (exact) mass is 553 g/mol. The van der Waals surface area contributed by atoms with Crippen LogP contribution in [0.2, 0.25) is 0 Å². The van der Waals surface area contributed by atoms with E-state index in [0.717, 1.165) is 18.2 Å². The molecule has 16 heteroatoms. The molecule has 0 fully saturated rings. The smallest absolute Gasteiger partial charge is 0.297 e. The van der Waals surface area contributed by atoms with E-state index in [9.17, 15) is 44.0 Å². The molecule has 36 heavy (non-hydrogen) atoms. The summed E-state index contributed by atoms with van der Waals surface area (Å²) in [5.41, 5.74) is 4.79. The van der Waals surface area contributed by atoms with E-state index in [-0.39, 0.29) is 11.1 Å². The molecule has 0 aliphatic rings. The standard InChI is InChI=1S/C20H15N3O10S3/c21-11-5-6-12-10(8-11)4-7-15(19(12)24)22-23-18-17(35(28,29)30)9-14-13(20(18)36(31,32)33)2-1-3-16(14)34(25,26)27/h1-9,24H,21H2,(H,25,26,27)(H,28,29,30)(H,31,32,33). The number of benzene rings is 4. The van der Waals surface area contributed by atoms with Crippen molar-refractivity contribution in [1.82, 2.24) is 0 Å². The fourth-order valence-electron chi connectivity index (χ4n) is 3.61. The topological polar surface area (TPSA) is 234 Å². The van der Waals surface area contributed by atoms with Crippen molar-refractivity contribution in [3.8, 4) is 5.75 Å². The number of hydrogen-bond acceptors (Lipinski definition) is 10. The first-order valence-corrected chi connectivity index (χ1v) is 13.9. The molecular formula is C20H15N3O10S3. The van der Waals surface area contributed by atoms with Crippen molar-refractivity contribution in [2.24, 2.45) is 10.2 Å². The lowest BCUT2D eigenvalue weighted by molar-refractivity contribution is 0.478. The number of nitrogen functional groups attached to an aromatic ring is 1. The second-order valence-corrected chi connectivity index (χ2v) is 11.6. The van der Waals surface area contributed by atoms with E-state index in [4.69, 9.17) is 5.73 Å². The van der Waals surface area contributed by atoms with Crippen molar-refractivity contribution >= 4 is 69.0 Å². The predicted octanol–water partition coefficient (Wildman–Crippen LogP) is 3.44. The van der Waals surface area contributed by atoms with E-state index in [1.807, 2.05) is 0 Å². The maximum atomic E-state index is 12.3. The van der Waals surface area contributed by atoms with E-state index in [1.165, 1.54) is 24.3 Å². The van der Waals surface area contributed by atoms with Crippen molar-refractivity contribution in [2.75, 3.05) is 5.73 Å². The Morgan fingerprint density at radius 1 is 0.667 bits per heavy atom. The summed E-state index contributed by atoms with van der Waals surface area (Å²) < 4.78 is 102. The first kappa shape index (κ1) is 25.4. The van der Waals surface area contributed by atoms with Gasteiger partial charge in [0.2, 0.25) is 0 Å². The number of anilines is 1. The average Bonchev–Trinajstić information content (AvgIpc) is 2.75. The van der Waals surface area contributed by atoms with Gasteiger partial charge in [0.1, 0.15) is 26.1 Å². The molecule has 13 nitrogen and oxygen atoms in total. The summed E-state index contributed by atoms with van der Waals surface area (Å²) in [6, 6.07) is 10.7. The molecule has 0 radical (unpaired) electrons. The van der Waals surface area contributed by atoms with Gasteiger partial charge in [-0.15, -0.1) is 10.2 Å². The van der Waals surface area contributed by atoms with Gasteiger partial charge in [-0.3, -0.25) is 13.7 Å². The highest BCUT2D eigenvalue weighted by Gasteiger charge is 2.30. The summed E-state index contributed by atoms with van der Waals surface area (Å²) >= 11 is 0. The van der Waals surface area contributed by atoms with Gasteiger partial charge in [0.25, 0.3) is 30.4 Å². The molecule has 0 aliphatic carbocycles. The molecule has 4 aromatic carbocycles. The second-order valence-electron chi connectivity index (χ2n) is 7.44. The van der Waals surface area contributed by atoms with Crippen LogP contribution in [0.25, 0.3) is 21.5 Å². The Morgan fingerprint density at radius 3 is 1.94 bits per heavy atom. The third kappa shape index (κ3) is 4.60. The van der Waals surface area contributed by atoms with Crippen LogP contribution in [-0.4, -0.2) is 44.0 Å². The largest absolute Gasteiger partial charge is 0.505 e. The SMILES string of the molecule is Nc1ccc2c(O)c(N=Nc3c(S(=O)(=O)O)cc4c(S(=O)(=O)O)cccc4c3S(=O)(=O)O)ccc2c1. The molecule has 4 aromatic rings. The molecule has 0 amide bonds. The Morgan fingerprint density at radius 2 is 1.33 bits per heavy atom. The Bertz CT molecular complexity index is 1940. The van der Waals surface area contributed by atoms with Crippen LogP contribution in [0.3, 0.4) is 0 Å². The molecule has 4 rings (SSSR count). The molecule has 0 saturated carbocycles. The molecule has 188 valence electrons. The number of phenols is 1. The van der Waals surface area contributed by atoms with E-state index in [2.05, 4.69) is 10.2 Å². The maximum absolute atomic E-state index is 12.3. The highest BCUT2D eigenvalue weighted by molar-refractivity contribution is 7.87. The molecule has 0 bridgehead atoms. The van der Waals surface area contributed by atoms with Gasteiger partial charge in [0, 0.05) is 21.8 Å². The van der Waals surface area contributed by atoms with Crippen LogP contribution in [0, 0.1) is 0 Å². The lowest BCUT2D eigenvalue weighted by Crippen LogP contribution is -2.08. The summed E-state index contributed by atoms with van der Waals surface area (Å²) in [6.07, 6.45) is 0. The van der Waals surface area contributed by atoms with Gasteiger partial charge in [0.05, 0.1) is 0 Å². The third-order valence-electron chi connectivity index (χ3n) is 5.10. The van der Waals surface area contributed by atoms with Gasteiger partial charge >= 0.3 is 0 Å². The second kappa shape index (κ2) is 8.47. The van der Waals surface area contributed by atoms with E-state index >= 15 is 0 Å². The molecule has 0 aromatic heterocycles. The highest BCUT2D eigenvalue weighted by Crippen LogP contribution is 2.42. The van der Waals surface area contributed by atoms with Gasteiger partial charge in [0.15, 0.2) is 5.75 Å². The van der Waals surface area contributed by atoms with Crippen molar-refractivity contribution in [1.29, 1.82) is 0 Å². The molecule has 6 N–H and O–H groups in total. The number of phenolic OH excluding ortho intramolecular Hbond substituents is 1. The number of fused-ring (bicyclic) bond motifs is 2. The fraction of sp³-hybridized carbons (Fsp3) is 0. The first-order valence-electron chi connectivity index (χ1n) is 9.54. The lowest BCUT2D eigenvalue weighted by Gasteiger charge is -2.13. The minimum absolute atomic E-state index is 0.248. The fourth-order valence-corrected chi connectivity index (χ4v) is 5.88. The zero-order valence-corrected chi connectivity index (χ0v) is 20.1. The van der Waals surface area contributed by atoms with Crippen molar-refractivity contribution in [3.05, 3.63) is 54.6 Å². The number of nitrogens with zero attached hydrogens (tertiary/aromatic N) is 2.